The van der Waals surface area contributed by atoms with Crippen molar-refractivity contribution >= 4 is 17.4 Å². The van der Waals surface area contributed by atoms with Crippen molar-refractivity contribution in [3.63, 3.8) is 0 Å². The molecule has 0 saturated carbocycles. The van der Waals surface area contributed by atoms with Crippen LogP contribution in [0.1, 0.15) is 5.69 Å². The van der Waals surface area contributed by atoms with E-state index in [1.54, 1.807) is 12.1 Å². The monoisotopic (exact) mass is 267 g/mol. The topological polar surface area (TPSA) is 106 Å². The maximum atomic E-state index is 11.5. The molecule has 2 rings (SSSR count). The van der Waals surface area contributed by atoms with Crippen LogP contribution in [-0.4, -0.2) is 14.8 Å². The Morgan fingerprint density at radius 3 is 2.83 bits per heavy atom. The summed E-state index contributed by atoms with van der Waals surface area (Å²) < 4.78 is 1.12. The van der Waals surface area contributed by atoms with Crippen molar-refractivity contribution in [1.82, 2.24) is 14.8 Å². The number of hydrogen-bond donors (Lipinski definition) is 3. The molecule has 0 aromatic carbocycles. The van der Waals surface area contributed by atoms with Gasteiger partial charge in [0.25, 0.3) is 11.1 Å². The number of pyridine rings is 1. The highest BCUT2D eigenvalue weighted by Gasteiger charge is 2.06. The van der Waals surface area contributed by atoms with Gasteiger partial charge in [-0.2, -0.15) is 0 Å². The zero-order chi connectivity index (χ0) is 13.1. The van der Waals surface area contributed by atoms with Gasteiger partial charge >= 0.3 is 0 Å². The molecule has 7 nitrogen and oxygen atoms in total. The standard InChI is InChI=1S/C10H10ClN5O2/c11-6-1-2-8(14-12)13-7(6)5-16-10(18)4-3-9(17)15-16/h1-4H,5,12H2,(H,13,14)(H,15,17). The molecule has 0 atom stereocenters. The molecule has 8 heteroatoms. The van der Waals surface area contributed by atoms with Crippen molar-refractivity contribution in [2.75, 3.05) is 5.43 Å². The number of rotatable bonds is 3. The minimum atomic E-state index is -0.376. The molecule has 0 radical (unpaired) electrons. The van der Waals surface area contributed by atoms with Crippen LogP contribution in [0.5, 0.6) is 0 Å². The van der Waals surface area contributed by atoms with Gasteiger partial charge in [0, 0.05) is 12.1 Å². The van der Waals surface area contributed by atoms with E-state index in [9.17, 15) is 9.59 Å². The summed E-state index contributed by atoms with van der Waals surface area (Å²) in [7, 11) is 0. The molecule has 0 bridgehead atoms. The second-order valence-electron chi connectivity index (χ2n) is 3.50. The number of nitrogens with two attached hydrogens (primary N) is 1. The summed E-state index contributed by atoms with van der Waals surface area (Å²) in [5.41, 5.74) is 2.08. The number of aromatic amines is 1. The normalized spacial score (nSPS) is 10.3. The summed E-state index contributed by atoms with van der Waals surface area (Å²) in [6.45, 7) is 0.0588. The summed E-state index contributed by atoms with van der Waals surface area (Å²) in [4.78, 5) is 26.8. The Balaban J connectivity index is 2.42. The van der Waals surface area contributed by atoms with Gasteiger partial charge in [0.1, 0.15) is 5.82 Å². The lowest BCUT2D eigenvalue weighted by Crippen LogP contribution is -2.28. The van der Waals surface area contributed by atoms with Gasteiger partial charge in [-0.3, -0.25) is 14.7 Å². The van der Waals surface area contributed by atoms with Crippen LogP contribution in [0.25, 0.3) is 0 Å². The lowest BCUT2D eigenvalue weighted by atomic mass is 10.3. The summed E-state index contributed by atoms with van der Waals surface area (Å²) in [5, 5.41) is 2.77. The Bertz CT molecular complexity index is 678. The van der Waals surface area contributed by atoms with Crippen LogP contribution < -0.4 is 22.4 Å². The summed E-state index contributed by atoms with van der Waals surface area (Å²) in [6.07, 6.45) is 0. The summed E-state index contributed by atoms with van der Waals surface area (Å²) >= 11 is 5.96. The fourth-order valence-corrected chi connectivity index (χ4v) is 1.57. The Kier molecular flexibility index (Phi) is 3.45. The molecule has 0 saturated heterocycles. The molecular weight excluding hydrogens is 258 g/mol. The van der Waals surface area contributed by atoms with Crippen LogP contribution in [0.4, 0.5) is 5.82 Å². The predicted octanol–water partition coefficient (Wildman–Crippen LogP) is -0.0811. The zero-order valence-corrected chi connectivity index (χ0v) is 9.94. The SMILES string of the molecule is NNc1ccc(Cl)c(Cn2[nH]c(=O)ccc2=O)n1. The van der Waals surface area contributed by atoms with Crippen molar-refractivity contribution in [3.8, 4) is 0 Å². The first-order valence-corrected chi connectivity index (χ1v) is 5.40. The Morgan fingerprint density at radius 1 is 1.33 bits per heavy atom. The van der Waals surface area contributed by atoms with Crippen LogP contribution in [0.2, 0.25) is 5.02 Å². The van der Waals surface area contributed by atoms with Gasteiger partial charge in [-0.15, -0.1) is 0 Å². The molecule has 94 valence electrons. The third-order valence-corrected chi connectivity index (χ3v) is 2.61. The largest absolute Gasteiger partial charge is 0.308 e. The summed E-state index contributed by atoms with van der Waals surface area (Å²) in [6, 6.07) is 5.54. The number of anilines is 1. The van der Waals surface area contributed by atoms with Crippen molar-refractivity contribution < 1.29 is 0 Å². The van der Waals surface area contributed by atoms with E-state index in [2.05, 4.69) is 15.5 Å². The van der Waals surface area contributed by atoms with E-state index in [4.69, 9.17) is 17.4 Å². The molecule has 18 heavy (non-hydrogen) atoms. The second kappa shape index (κ2) is 5.03. The number of hydrazine groups is 1. The number of hydrogen-bond acceptors (Lipinski definition) is 5. The highest BCUT2D eigenvalue weighted by molar-refractivity contribution is 6.31. The third kappa shape index (κ3) is 2.58. The van der Waals surface area contributed by atoms with E-state index >= 15 is 0 Å². The Labute approximate surface area is 106 Å². The Morgan fingerprint density at radius 2 is 2.11 bits per heavy atom. The third-order valence-electron chi connectivity index (χ3n) is 2.26. The molecule has 0 fully saturated rings. The fraction of sp³-hybridized carbons (Fsp3) is 0.100. The summed E-state index contributed by atoms with van der Waals surface area (Å²) in [5.74, 6) is 5.65. The molecule has 0 aliphatic rings. The van der Waals surface area contributed by atoms with Crippen LogP contribution in [0, 0.1) is 0 Å². The first kappa shape index (κ1) is 12.3. The number of nitrogen functional groups attached to an aromatic ring is 1. The smallest absolute Gasteiger partial charge is 0.265 e. The predicted molar refractivity (Wildman–Crippen MR) is 67.5 cm³/mol. The highest BCUT2D eigenvalue weighted by atomic mass is 35.5. The maximum Gasteiger partial charge on any atom is 0.265 e. The fourth-order valence-electron chi connectivity index (χ4n) is 1.41. The first-order valence-electron chi connectivity index (χ1n) is 5.02. The van der Waals surface area contributed by atoms with E-state index < -0.39 is 0 Å². The first-order chi connectivity index (χ1) is 8.60. The van der Waals surface area contributed by atoms with Gasteiger partial charge in [0.2, 0.25) is 0 Å². The number of halogens is 1. The number of H-pyrrole nitrogens is 1. The van der Waals surface area contributed by atoms with Crippen LogP contribution in [0.15, 0.2) is 33.9 Å². The van der Waals surface area contributed by atoms with Gasteiger partial charge in [-0.25, -0.2) is 15.5 Å². The van der Waals surface area contributed by atoms with E-state index in [1.165, 1.54) is 6.07 Å². The lowest BCUT2D eigenvalue weighted by Gasteiger charge is -2.07. The molecule has 4 N–H and O–H groups in total. The zero-order valence-electron chi connectivity index (χ0n) is 9.18. The molecule has 2 heterocycles. The molecule has 0 amide bonds. The molecule has 2 aromatic heterocycles. The van der Waals surface area contributed by atoms with Crippen LogP contribution in [-0.2, 0) is 6.54 Å². The Hall–Kier alpha value is -2.12. The molecule has 0 aliphatic carbocycles. The van der Waals surface area contributed by atoms with Gasteiger partial charge in [0.15, 0.2) is 0 Å². The van der Waals surface area contributed by atoms with Gasteiger partial charge in [-0.1, -0.05) is 11.6 Å². The molecule has 0 unspecified atom stereocenters. The van der Waals surface area contributed by atoms with Crippen molar-refractivity contribution in [3.05, 3.63) is 55.7 Å². The average Bonchev–Trinajstić information content (AvgIpc) is 2.36. The van der Waals surface area contributed by atoms with Crippen molar-refractivity contribution in [2.24, 2.45) is 5.84 Å². The lowest BCUT2D eigenvalue weighted by molar-refractivity contribution is 0.617. The van der Waals surface area contributed by atoms with Crippen LogP contribution in [0.3, 0.4) is 0 Å². The average molecular weight is 268 g/mol. The highest BCUT2D eigenvalue weighted by Crippen LogP contribution is 2.16. The van der Waals surface area contributed by atoms with Crippen molar-refractivity contribution in [2.45, 2.75) is 6.54 Å². The minimum absolute atomic E-state index is 0.0588. The van der Waals surface area contributed by atoms with E-state index in [0.717, 1.165) is 10.7 Å². The molecule has 0 spiro atoms. The molecule has 0 aliphatic heterocycles. The second-order valence-corrected chi connectivity index (χ2v) is 3.91. The number of aromatic nitrogens is 3. The van der Waals surface area contributed by atoms with E-state index in [0.29, 0.717) is 16.5 Å². The van der Waals surface area contributed by atoms with E-state index in [1.807, 2.05) is 0 Å². The van der Waals surface area contributed by atoms with Gasteiger partial charge in [-0.05, 0) is 12.1 Å². The van der Waals surface area contributed by atoms with E-state index in [-0.39, 0.29) is 17.7 Å². The number of nitrogens with one attached hydrogen (secondary N) is 2. The maximum absolute atomic E-state index is 11.5. The minimum Gasteiger partial charge on any atom is -0.308 e. The quantitative estimate of drug-likeness (QED) is 0.533. The van der Waals surface area contributed by atoms with Crippen LogP contribution >= 0.6 is 11.6 Å². The van der Waals surface area contributed by atoms with Gasteiger partial charge < -0.3 is 5.43 Å². The van der Waals surface area contributed by atoms with Crippen molar-refractivity contribution in [1.29, 1.82) is 0 Å². The molecule has 2 aromatic rings. The van der Waals surface area contributed by atoms with Gasteiger partial charge in [0.05, 0.1) is 17.3 Å². The number of nitrogens with zero attached hydrogens (tertiary/aromatic N) is 2. The molecular formula is C10H10ClN5O2.